The van der Waals surface area contributed by atoms with E-state index in [9.17, 15) is 14.0 Å². The minimum atomic E-state index is -0.559. The van der Waals surface area contributed by atoms with Crippen LogP contribution in [-0.2, 0) is 9.53 Å². The van der Waals surface area contributed by atoms with E-state index < -0.39 is 11.8 Å². The van der Waals surface area contributed by atoms with Crippen molar-refractivity contribution in [1.29, 1.82) is 0 Å². The molecule has 1 atom stereocenters. The van der Waals surface area contributed by atoms with Gasteiger partial charge in [0.15, 0.2) is 5.69 Å². The summed E-state index contributed by atoms with van der Waals surface area (Å²) in [7, 11) is 0. The van der Waals surface area contributed by atoms with Gasteiger partial charge in [0.25, 0.3) is 0 Å². The molecule has 0 fully saturated rings. The first-order valence-electron chi connectivity index (χ1n) is 10.4. The molecule has 1 amide bonds. The summed E-state index contributed by atoms with van der Waals surface area (Å²) in [6.07, 6.45) is 1.73. The van der Waals surface area contributed by atoms with Gasteiger partial charge in [-0.2, -0.15) is 5.10 Å². The largest absolute Gasteiger partial charge is 0.461 e. The van der Waals surface area contributed by atoms with Gasteiger partial charge in [0.05, 0.1) is 18.0 Å². The number of ether oxygens (including phenoxy) is 1. The molecule has 0 radical (unpaired) electrons. The zero-order valence-electron chi connectivity index (χ0n) is 17.9. The Labute approximate surface area is 181 Å². The molecule has 6 nitrogen and oxygen atoms in total. The molecule has 7 heteroatoms. The summed E-state index contributed by atoms with van der Waals surface area (Å²) >= 11 is 0. The van der Waals surface area contributed by atoms with E-state index in [0.29, 0.717) is 22.6 Å². The molecule has 0 saturated heterocycles. The number of rotatable bonds is 8. The van der Waals surface area contributed by atoms with Crippen LogP contribution in [0, 0.1) is 11.7 Å². The number of hydrogen-bond donors (Lipinski definition) is 1. The molecule has 3 rings (SSSR count). The van der Waals surface area contributed by atoms with Crippen molar-refractivity contribution in [3.8, 4) is 16.9 Å². The van der Waals surface area contributed by atoms with Crippen molar-refractivity contribution in [2.45, 2.75) is 33.6 Å². The van der Waals surface area contributed by atoms with Crippen LogP contribution in [0.15, 0.2) is 54.6 Å². The third kappa shape index (κ3) is 5.36. The molecule has 1 N–H and O–H groups in total. The molecule has 0 aliphatic carbocycles. The van der Waals surface area contributed by atoms with Crippen LogP contribution in [0.1, 0.15) is 44.1 Å². The summed E-state index contributed by atoms with van der Waals surface area (Å²) in [5.41, 5.74) is 2.51. The maximum atomic E-state index is 13.8. The minimum Gasteiger partial charge on any atom is -0.461 e. The number of halogens is 1. The highest BCUT2D eigenvalue weighted by atomic mass is 19.1. The fourth-order valence-corrected chi connectivity index (χ4v) is 3.28. The smallest absolute Gasteiger partial charge is 0.358 e. The monoisotopic (exact) mass is 423 g/mol. The van der Waals surface area contributed by atoms with Crippen LogP contribution < -0.4 is 5.32 Å². The van der Waals surface area contributed by atoms with Gasteiger partial charge in [0, 0.05) is 17.2 Å². The van der Waals surface area contributed by atoms with Crippen molar-refractivity contribution in [3.05, 3.63) is 66.1 Å². The number of hydrogen-bond acceptors (Lipinski definition) is 4. The third-order valence-electron chi connectivity index (χ3n) is 4.84. The quantitative estimate of drug-likeness (QED) is 0.504. The summed E-state index contributed by atoms with van der Waals surface area (Å²) in [4.78, 5) is 24.7. The highest BCUT2D eigenvalue weighted by Gasteiger charge is 2.19. The maximum absolute atomic E-state index is 13.8. The molecule has 162 valence electrons. The normalized spacial score (nSPS) is 11.7. The summed E-state index contributed by atoms with van der Waals surface area (Å²) in [6.45, 7) is 5.87. The van der Waals surface area contributed by atoms with E-state index in [0.717, 1.165) is 12.8 Å². The molecule has 3 aromatic rings. The highest BCUT2D eigenvalue weighted by molar-refractivity contribution is 5.93. The van der Waals surface area contributed by atoms with Crippen LogP contribution in [0.2, 0.25) is 0 Å². The highest BCUT2D eigenvalue weighted by Crippen LogP contribution is 2.27. The van der Waals surface area contributed by atoms with E-state index in [4.69, 9.17) is 4.74 Å². The number of aromatic nitrogens is 2. The molecular formula is C24H26FN3O3. The molecular weight excluding hydrogens is 397 g/mol. The Morgan fingerprint density at radius 2 is 1.90 bits per heavy atom. The van der Waals surface area contributed by atoms with Gasteiger partial charge < -0.3 is 10.1 Å². The molecule has 1 unspecified atom stereocenters. The van der Waals surface area contributed by atoms with Crippen molar-refractivity contribution < 1.29 is 18.7 Å². The van der Waals surface area contributed by atoms with Gasteiger partial charge in [-0.1, -0.05) is 38.5 Å². The summed E-state index contributed by atoms with van der Waals surface area (Å²) in [5, 5.41) is 7.28. The third-order valence-corrected chi connectivity index (χ3v) is 4.84. The predicted molar refractivity (Wildman–Crippen MR) is 118 cm³/mol. The Balaban J connectivity index is 2.01. The van der Waals surface area contributed by atoms with Gasteiger partial charge >= 0.3 is 5.97 Å². The van der Waals surface area contributed by atoms with E-state index in [1.807, 2.05) is 26.0 Å². The zero-order valence-corrected chi connectivity index (χ0v) is 17.9. The van der Waals surface area contributed by atoms with Gasteiger partial charge in [-0.25, -0.2) is 13.9 Å². The Morgan fingerprint density at radius 1 is 1.13 bits per heavy atom. The second-order valence-corrected chi connectivity index (χ2v) is 7.29. The minimum absolute atomic E-state index is 0.0511. The number of amides is 1. The fourth-order valence-electron chi connectivity index (χ4n) is 3.28. The number of nitrogens with one attached hydrogen (secondary N) is 1. The van der Waals surface area contributed by atoms with Crippen molar-refractivity contribution in [2.24, 2.45) is 5.92 Å². The van der Waals surface area contributed by atoms with E-state index in [2.05, 4.69) is 10.4 Å². The van der Waals surface area contributed by atoms with E-state index in [-0.39, 0.29) is 24.1 Å². The maximum Gasteiger partial charge on any atom is 0.358 e. The summed E-state index contributed by atoms with van der Waals surface area (Å²) < 4.78 is 20.4. The lowest BCUT2D eigenvalue weighted by atomic mass is 10.0. The number of benzene rings is 2. The first kappa shape index (κ1) is 22.2. The molecule has 2 aromatic carbocycles. The average molecular weight is 423 g/mol. The first-order valence-corrected chi connectivity index (χ1v) is 10.4. The van der Waals surface area contributed by atoms with Crippen LogP contribution >= 0.6 is 0 Å². The second-order valence-electron chi connectivity index (χ2n) is 7.29. The van der Waals surface area contributed by atoms with Gasteiger partial charge in [0.2, 0.25) is 5.91 Å². The molecule has 0 bridgehead atoms. The van der Waals surface area contributed by atoms with Crippen LogP contribution in [0.3, 0.4) is 0 Å². The van der Waals surface area contributed by atoms with Crippen LogP contribution in [0.4, 0.5) is 10.1 Å². The Hall–Kier alpha value is -3.48. The molecule has 0 saturated carbocycles. The fraction of sp³-hybridized carbons (Fsp3) is 0.292. The van der Waals surface area contributed by atoms with Gasteiger partial charge in [-0.3, -0.25) is 4.79 Å². The number of anilines is 1. The molecule has 0 aliphatic rings. The van der Waals surface area contributed by atoms with Gasteiger partial charge in [-0.05, 0) is 49.7 Å². The summed E-state index contributed by atoms with van der Waals surface area (Å²) in [5.74, 6) is -1.12. The lowest BCUT2D eigenvalue weighted by molar-refractivity contribution is -0.119. The SMILES string of the molecule is CCCC(C)C(=O)Nc1cccc(-c2cc(C(=O)OCC)nn2-c2cccc(F)c2)c1. The van der Waals surface area contributed by atoms with Gasteiger partial charge in [0.1, 0.15) is 5.82 Å². The van der Waals surface area contributed by atoms with Gasteiger partial charge in [-0.15, -0.1) is 0 Å². The Bertz CT molecular complexity index is 1080. The second kappa shape index (κ2) is 10.0. The Morgan fingerprint density at radius 3 is 2.61 bits per heavy atom. The number of nitrogens with zero attached hydrogens (tertiary/aromatic N) is 2. The van der Waals surface area contributed by atoms with E-state index in [1.54, 1.807) is 37.3 Å². The van der Waals surface area contributed by atoms with Crippen LogP contribution in [0.25, 0.3) is 16.9 Å². The van der Waals surface area contributed by atoms with E-state index in [1.165, 1.54) is 16.8 Å². The molecule has 0 aliphatic heterocycles. The first-order chi connectivity index (χ1) is 14.9. The number of carbonyl (C=O) groups is 2. The van der Waals surface area contributed by atoms with Crippen molar-refractivity contribution in [3.63, 3.8) is 0 Å². The lowest BCUT2D eigenvalue weighted by Crippen LogP contribution is -2.20. The zero-order chi connectivity index (χ0) is 22.4. The van der Waals surface area contributed by atoms with E-state index >= 15 is 0 Å². The number of esters is 1. The molecule has 31 heavy (non-hydrogen) atoms. The van der Waals surface area contributed by atoms with Crippen molar-refractivity contribution in [2.75, 3.05) is 11.9 Å². The topological polar surface area (TPSA) is 73.2 Å². The molecule has 1 aromatic heterocycles. The Kier molecular flexibility index (Phi) is 7.18. The van der Waals surface area contributed by atoms with Crippen LogP contribution in [0.5, 0.6) is 0 Å². The standard InChI is InChI=1S/C24H26FN3O3/c1-4-8-16(3)23(29)26-19-11-6-9-17(13-19)22-15-21(24(30)31-5-2)27-28(22)20-12-7-10-18(25)14-20/h6-7,9-16H,4-5,8H2,1-3H3,(H,26,29). The lowest BCUT2D eigenvalue weighted by Gasteiger charge is -2.13. The molecule has 0 spiro atoms. The van der Waals surface area contributed by atoms with Crippen molar-refractivity contribution in [1.82, 2.24) is 9.78 Å². The molecule has 1 heterocycles. The van der Waals surface area contributed by atoms with Crippen LogP contribution in [-0.4, -0.2) is 28.3 Å². The average Bonchev–Trinajstić information content (AvgIpc) is 3.20. The van der Waals surface area contributed by atoms with Crippen molar-refractivity contribution >= 4 is 17.6 Å². The number of carbonyl (C=O) groups excluding carboxylic acids is 2. The summed E-state index contributed by atoms with van der Waals surface area (Å²) in [6, 6.07) is 14.8. The predicted octanol–water partition coefficient (Wildman–Crippen LogP) is 5.23.